The Bertz CT molecular complexity index is 851. The molecule has 0 atom stereocenters. The van der Waals surface area contributed by atoms with Crippen LogP contribution in [0.4, 0.5) is 11.5 Å². The second kappa shape index (κ2) is 8.69. The van der Waals surface area contributed by atoms with Crippen LogP contribution in [0.1, 0.15) is 41.8 Å². The molecule has 0 spiro atoms. The SMILES string of the molecule is COC(=O)c1ccc(NC(=O)C2CCC(C(=O)Nc3cc(C)on3)CC2)cc1. The Kier molecular flexibility index (Phi) is 6.08. The lowest BCUT2D eigenvalue weighted by molar-refractivity contribution is -0.125. The summed E-state index contributed by atoms with van der Waals surface area (Å²) in [6.07, 6.45) is 2.56. The highest BCUT2D eigenvalue weighted by atomic mass is 16.5. The summed E-state index contributed by atoms with van der Waals surface area (Å²) in [6.45, 7) is 1.76. The number of rotatable bonds is 5. The van der Waals surface area contributed by atoms with Gasteiger partial charge in [-0.3, -0.25) is 9.59 Å². The molecule has 8 heteroatoms. The molecule has 1 aliphatic rings. The van der Waals surface area contributed by atoms with Crippen LogP contribution in [-0.4, -0.2) is 30.1 Å². The van der Waals surface area contributed by atoms with Crippen molar-refractivity contribution >= 4 is 29.3 Å². The maximum absolute atomic E-state index is 12.5. The monoisotopic (exact) mass is 385 g/mol. The van der Waals surface area contributed by atoms with Gasteiger partial charge in [0.1, 0.15) is 5.76 Å². The first-order valence-corrected chi connectivity index (χ1v) is 9.19. The van der Waals surface area contributed by atoms with Crippen LogP contribution in [0.3, 0.4) is 0 Å². The predicted molar refractivity (Wildman–Crippen MR) is 102 cm³/mol. The van der Waals surface area contributed by atoms with Gasteiger partial charge in [0.05, 0.1) is 12.7 Å². The molecule has 28 heavy (non-hydrogen) atoms. The maximum Gasteiger partial charge on any atom is 0.337 e. The fraction of sp³-hybridized carbons (Fsp3) is 0.400. The molecule has 2 N–H and O–H groups in total. The van der Waals surface area contributed by atoms with Gasteiger partial charge in [0.15, 0.2) is 5.82 Å². The number of carbonyl (C=O) groups excluding carboxylic acids is 3. The molecule has 0 radical (unpaired) electrons. The molecule has 0 unspecified atom stereocenters. The fourth-order valence-electron chi connectivity index (χ4n) is 3.32. The number of ether oxygens (including phenoxy) is 1. The molecule has 8 nitrogen and oxygen atoms in total. The summed E-state index contributed by atoms with van der Waals surface area (Å²) in [6, 6.07) is 8.22. The Hall–Kier alpha value is -3.16. The Labute approximate surface area is 162 Å². The Morgan fingerprint density at radius 1 is 1.00 bits per heavy atom. The van der Waals surface area contributed by atoms with Gasteiger partial charge in [0.2, 0.25) is 11.8 Å². The van der Waals surface area contributed by atoms with Gasteiger partial charge in [-0.05, 0) is 56.9 Å². The molecule has 1 aromatic heterocycles. The molecule has 1 heterocycles. The Morgan fingerprint density at radius 2 is 1.57 bits per heavy atom. The molecule has 0 aliphatic heterocycles. The lowest BCUT2D eigenvalue weighted by Crippen LogP contribution is -2.32. The summed E-state index contributed by atoms with van der Waals surface area (Å²) < 4.78 is 9.59. The molecule has 0 saturated heterocycles. The third-order valence-corrected chi connectivity index (χ3v) is 4.92. The van der Waals surface area contributed by atoms with E-state index >= 15 is 0 Å². The van der Waals surface area contributed by atoms with Gasteiger partial charge in [-0.1, -0.05) is 5.16 Å². The summed E-state index contributed by atoms with van der Waals surface area (Å²) in [5, 5.41) is 9.38. The molecule has 148 valence electrons. The quantitative estimate of drug-likeness (QED) is 0.765. The highest BCUT2D eigenvalue weighted by Crippen LogP contribution is 2.30. The summed E-state index contributed by atoms with van der Waals surface area (Å²) >= 11 is 0. The third-order valence-electron chi connectivity index (χ3n) is 4.92. The van der Waals surface area contributed by atoms with Gasteiger partial charge in [-0.15, -0.1) is 0 Å². The maximum atomic E-state index is 12.5. The van der Waals surface area contributed by atoms with E-state index < -0.39 is 5.97 Å². The van der Waals surface area contributed by atoms with Gasteiger partial charge in [-0.2, -0.15) is 0 Å². The zero-order chi connectivity index (χ0) is 20.1. The average molecular weight is 385 g/mol. The van der Waals surface area contributed by atoms with Gasteiger partial charge >= 0.3 is 5.97 Å². The van der Waals surface area contributed by atoms with Crippen molar-refractivity contribution in [1.82, 2.24) is 5.16 Å². The van der Waals surface area contributed by atoms with E-state index in [-0.39, 0.29) is 23.7 Å². The largest absolute Gasteiger partial charge is 0.465 e. The molecule has 1 aliphatic carbocycles. The Morgan fingerprint density at radius 3 is 2.07 bits per heavy atom. The van der Waals surface area contributed by atoms with Crippen molar-refractivity contribution in [3.8, 4) is 0 Å². The van der Waals surface area contributed by atoms with Crippen molar-refractivity contribution in [2.75, 3.05) is 17.7 Å². The normalized spacial score (nSPS) is 18.9. The second-order valence-corrected chi connectivity index (χ2v) is 6.92. The standard InChI is InChI=1S/C20H23N3O5/c1-12-11-17(23-28-12)22-19(25)14-5-3-13(4-6-14)18(24)21-16-9-7-15(8-10-16)20(26)27-2/h7-11,13-14H,3-6H2,1-2H3,(H,21,24)(H,22,23,25). The first-order chi connectivity index (χ1) is 13.5. The molecule has 1 fully saturated rings. The van der Waals surface area contributed by atoms with E-state index in [4.69, 9.17) is 4.52 Å². The number of carbonyl (C=O) groups is 3. The fourth-order valence-corrected chi connectivity index (χ4v) is 3.32. The second-order valence-electron chi connectivity index (χ2n) is 6.92. The van der Waals surface area contributed by atoms with E-state index in [1.165, 1.54) is 7.11 Å². The topological polar surface area (TPSA) is 111 Å². The number of hydrogen-bond donors (Lipinski definition) is 2. The lowest BCUT2D eigenvalue weighted by atomic mass is 9.81. The van der Waals surface area contributed by atoms with Crippen molar-refractivity contribution in [2.45, 2.75) is 32.6 Å². The van der Waals surface area contributed by atoms with Crippen molar-refractivity contribution < 1.29 is 23.6 Å². The average Bonchev–Trinajstić information content (AvgIpc) is 3.12. The van der Waals surface area contributed by atoms with E-state index in [0.29, 0.717) is 48.5 Å². The molecule has 1 saturated carbocycles. The molecule has 1 aromatic carbocycles. The van der Waals surface area contributed by atoms with Gasteiger partial charge in [0, 0.05) is 23.6 Å². The molecule has 0 bridgehead atoms. The van der Waals surface area contributed by atoms with E-state index in [1.807, 2.05) is 0 Å². The summed E-state index contributed by atoms with van der Waals surface area (Å²) in [4.78, 5) is 36.3. The number of aryl methyl sites for hydroxylation is 1. The van der Waals surface area contributed by atoms with Crippen molar-refractivity contribution in [2.24, 2.45) is 11.8 Å². The van der Waals surface area contributed by atoms with Crippen LogP contribution in [0.5, 0.6) is 0 Å². The number of nitrogens with one attached hydrogen (secondary N) is 2. The minimum Gasteiger partial charge on any atom is -0.465 e. The van der Waals surface area contributed by atoms with Crippen LogP contribution in [0.15, 0.2) is 34.9 Å². The highest BCUT2D eigenvalue weighted by molar-refractivity contribution is 5.95. The van der Waals surface area contributed by atoms with Gasteiger partial charge < -0.3 is 19.9 Å². The molecule has 2 amide bonds. The van der Waals surface area contributed by atoms with Crippen LogP contribution in [0.2, 0.25) is 0 Å². The molecule has 2 aromatic rings. The minimum atomic E-state index is -0.421. The minimum absolute atomic E-state index is 0.0724. The van der Waals surface area contributed by atoms with E-state index in [2.05, 4.69) is 20.5 Å². The van der Waals surface area contributed by atoms with Crippen LogP contribution in [-0.2, 0) is 14.3 Å². The van der Waals surface area contributed by atoms with E-state index in [9.17, 15) is 14.4 Å². The number of benzene rings is 1. The zero-order valence-corrected chi connectivity index (χ0v) is 15.9. The van der Waals surface area contributed by atoms with Crippen LogP contribution < -0.4 is 10.6 Å². The number of aromatic nitrogens is 1. The van der Waals surface area contributed by atoms with Crippen molar-refractivity contribution in [3.63, 3.8) is 0 Å². The third kappa shape index (κ3) is 4.76. The first-order valence-electron chi connectivity index (χ1n) is 9.19. The van der Waals surface area contributed by atoms with E-state index in [0.717, 1.165) is 0 Å². The first kappa shape index (κ1) is 19.6. The summed E-state index contributed by atoms with van der Waals surface area (Å²) in [5.41, 5.74) is 1.05. The number of methoxy groups -OCH3 is 1. The number of nitrogens with zero attached hydrogens (tertiary/aromatic N) is 1. The molecule has 3 rings (SSSR count). The van der Waals surface area contributed by atoms with Gasteiger partial charge in [-0.25, -0.2) is 4.79 Å². The van der Waals surface area contributed by atoms with E-state index in [1.54, 1.807) is 37.3 Å². The molecular weight excluding hydrogens is 362 g/mol. The predicted octanol–water partition coefficient (Wildman–Crippen LogP) is 3.15. The lowest BCUT2D eigenvalue weighted by Gasteiger charge is -2.26. The smallest absolute Gasteiger partial charge is 0.337 e. The van der Waals surface area contributed by atoms with Gasteiger partial charge in [0.25, 0.3) is 0 Å². The zero-order valence-electron chi connectivity index (χ0n) is 15.9. The van der Waals surface area contributed by atoms with Crippen molar-refractivity contribution in [1.29, 1.82) is 0 Å². The number of anilines is 2. The van der Waals surface area contributed by atoms with Crippen LogP contribution >= 0.6 is 0 Å². The Balaban J connectivity index is 1.48. The summed E-state index contributed by atoms with van der Waals surface area (Å²) in [5.74, 6) is 0.185. The van der Waals surface area contributed by atoms with Crippen molar-refractivity contribution in [3.05, 3.63) is 41.7 Å². The van der Waals surface area contributed by atoms with Crippen LogP contribution in [0.25, 0.3) is 0 Å². The highest BCUT2D eigenvalue weighted by Gasteiger charge is 2.30. The molecular formula is C20H23N3O5. The number of hydrogen-bond acceptors (Lipinski definition) is 6. The van der Waals surface area contributed by atoms with Crippen LogP contribution in [0, 0.1) is 18.8 Å². The number of esters is 1. The number of amides is 2. The summed E-state index contributed by atoms with van der Waals surface area (Å²) in [7, 11) is 1.32.